The number of fused-ring (bicyclic) bond motifs is 1. The van der Waals surface area contributed by atoms with Crippen LogP contribution in [-0.2, 0) is 4.79 Å². The summed E-state index contributed by atoms with van der Waals surface area (Å²) in [5.74, 6) is 0.163. The van der Waals surface area contributed by atoms with Crippen LogP contribution in [-0.4, -0.2) is 53.3 Å². The lowest BCUT2D eigenvalue weighted by atomic mass is 9.81. The Balaban J connectivity index is 1.38. The van der Waals surface area contributed by atoms with Crippen molar-refractivity contribution in [1.29, 1.82) is 0 Å². The second-order valence-corrected chi connectivity index (χ2v) is 9.09. The Kier molecular flexibility index (Phi) is 4.56. The molecule has 4 rings (SSSR count). The van der Waals surface area contributed by atoms with E-state index in [-0.39, 0.29) is 11.8 Å². The summed E-state index contributed by atoms with van der Waals surface area (Å²) in [6.45, 7) is 2.35. The second kappa shape index (κ2) is 6.70. The lowest BCUT2D eigenvalue weighted by Crippen LogP contribution is -2.60. The van der Waals surface area contributed by atoms with Gasteiger partial charge in [0.15, 0.2) is 0 Å². The third-order valence-electron chi connectivity index (χ3n) is 5.38. The van der Waals surface area contributed by atoms with Gasteiger partial charge in [-0.25, -0.2) is 0 Å². The summed E-state index contributed by atoms with van der Waals surface area (Å²) in [6.07, 6.45) is 4.83. The van der Waals surface area contributed by atoms with Crippen LogP contribution in [0.2, 0.25) is 0 Å². The first-order valence-corrected chi connectivity index (χ1v) is 10.6. The first-order chi connectivity index (χ1) is 12.1. The van der Waals surface area contributed by atoms with Gasteiger partial charge in [0, 0.05) is 35.6 Å². The summed E-state index contributed by atoms with van der Waals surface area (Å²) >= 11 is 3.22. The van der Waals surface area contributed by atoms with E-state index in [0.29, 0.717) is 26.2 Å². The topological polar surface area (TPSA) is 66.6 Å². The van der Waals surface area contributed by atoms with Crippen LogP contribution < -0.4 is 5.73 Å². The van der Waals surface area contributed by atoms with Crippen LogP contribution in [0.4, 0.5) is 0 Å². The van der Waals surface area contributed by atoms with Crippen molar-refractivity contribution in [2.75, 3.05) is 26.2 Å². The maximum absolute atomic E-state index is 12.8. The molecule has 3 heterocycles. The number of amides is 2. The zero-order valence-electron chi connectivity index (χ0n) is 14.2. The molecule has 2 N–H and O–H groups in total. The van der Waals surface area contributed by atoms with Crippen LogP contribution in [0.1, 0.15) is 41.8 Å². The highest BCUT2D eigenvalue weighted by molar-refractivity contribution is 7.27. The molecule has 2 aromatic heterocycles. The molecular weight excluding hydrogens is 354 g/mol. The maximum atomic E-state index is 12.8. The van der Waals surface area contributed by atoms with Gasteiger partial charge in [0.25, 0.3) is 5.91 Å². The Morgan fingerprint density at radius 3 is 2.36 bits per heavy atom. The molecule has 0 bridgehead atoms. The average molecular weight is 378 g/mol. The SMILES string of the molecule is NC1(C(=O)N2CCN(C(=O)c3cc4sccc4s3)CC2)CCCCC1. The summed E-state index contributed by atoms with van der Waals surface area (Å²) in [4.78, 5) is 30.0. The van der Waals surface area contributed by atoms with Crippen molar-refractivity contribution in [3.8, 4) is 0 Å². The smallest absolute Gasteiger partial charge is 0.264 e. The number of carbonyl (C=O) groups excluding carboxylic acids is 2. The first-order valence-electron chi connectivity index (χ1n) is 8.91. The monoisotopic (exact) mass is 377 g/mol. The Morgan fingerprint density at radius 1 is 1.00 bits per heavy atom. The van der Waals surface area contributed by atoms with Gasteiger partial charge >= 0.3 is 0 Å². The molecule has 134 valence electrons. The van der Waals surface area contributed by atoms with Gasteiger partial charge in [0.1, 0.15) is 0 Å². The summed E-state index contributed by atoms with van der Waals surface area (Å²) < 4.78 is 2.34. The minimum absolute atomic E-state index is 0.0796. The zero-order chi connectivity index (χ0) is 17.4. The van der Waals surface area contributed by atoms with Crippen LogP contribution in [0.15, 0.2) is 17.5 Å². The Morgan fingerprint density at radius 2 is 1.68 bits per heavy atom. The highest BCUT2D eigenvalue weighted by atomic mass is 32.1. The molecule has 2 amide bonds. The number of thiophene rings is 2. The molecule has 0 unspecified atom stereocenters. The maximum Gasteiger partial charge on any atom is 0.264 e. The molecule has 0 radical (unpaired) electrons. The van der Waals surface area contributed by atoms with Gasteiger partial charge in [-0.15, -0.1) is 22.7 Å². The molecule has 2 fully saturated rings. The van der Waals surface area contributed by atoms with Crippen LogP contribution >= 0.6 is 22.7 Å². The highest BCUT2D eigenvalue weighted by Gasteiger charge is 2.39. The Bertz CT molecular complexity index is 755. The third-order valence-corrected chi connectivity index (χ3v) is 7.46. The normalized spacial score (nSPS) is 20.8. The van der Waals surface area contributed by atoms with E-state index in [1.165, 1.54) is 15.8 Å². The molecule has 1 aliphatic carbocycles. The van der Waals surface area contributed by atoms with Crippen molar-refractivity contribution in [2.45, 2.75) is 37.6 Å². The van der Waals surface area contributed by atoms with Gasteiger partial charge in [0.2, 0.25) is 5.91 Å². The molecule has 25 heavy (non-hydrogen) atoms. The van der Waals surface area contributed by atoms with E-state index in [1.54, 1.807) is 22.7 Å². The second-order valence-electron chi connectivity index (χ2n) is 7.06. The van der Waals surface area contributed by atoms with E-state index in [9.17, 15) is 9.59 Å². The fourth-order valence-corrected chi connectivity index (χ4v) is 5.93. The van der Waals surface area contributed by atoms with E-state index in [1.807, 2.05) is 21.2 Å². The summed E-state index contributed by atoms with van der Waals surface area (Å²) in [5, 5.41) is 2.05. The molecule has 0 spiro atoms. The van der Waals surface area contributed by atoms with Gasteiger partial charge in [0.05, 0.1) is 10.4 Å². The number of nitrogens with two attached hydrogens (primary N) is 1. The summed E-state index contributed by atoms with van der Waals surface area (Å²) in [7, 11) is 0. The first kappa shape index (κ1) is 17.0. The molecule has 0 atom stereocenters. The lowest BCUT2D eigenvalue weighted by Gasteiger charge is -2.41. The minimum atomic E-state index is -0.678. The van der Waals surface area contributed by atoms with Crippen molar-refractivity contribution in [3.05, 3.63) is 22.4 Å². The van der Waals surface area contributed by atoms with Gasteiger partial charge in [-0.3, -0.25) is 9.59 Å². The molecule has 1 saturated carbocycles. The van der Waals surface area contributed by atoms with Crippen LogP contribution in [0.3, 0.4) is 0 Å². The van der Waals surface area contributed by atoms with Crippen LogP contribution in [0, 0.1) is 0 Å². The molecular formula is C18H23N3O2S2. The number of rotatable bonds is 2. The van der Waals surface area contributed by atoms with Gasteiger partial charge < -0.3 is 15.5 Å². The number of hydrogen-bond acceptors (Lipinski definition) is 5. The van der Waals surface area contributed by atoms with Crippen LogP contribution in [0.25, 0.3) is 9.40 Å². The fraction of sp³-hybridized carbons (Fsp3) is 0.556. The highest BCUT2D eigenvalue weighted by Crippen LogP contribution is 2.31. The van der Waals surface area contributed by atoms with E-state index >= 15 is 0 Å². The summed E-state index contributed by atoms with van der Waals surface area (Å²) in [5.41, 5.74) is 5.70. The van der Waals surface area contributed by atoms with Crippen molar-refractivity contribution >= 4 is 43.9 Å². The van der Waals surface area contributed by atoms with Crippen molar-refractivity contribution in [3.63, 3.8) is 0 Å². The zero-order valence-corrected chi connectivity index (χ0v) is 15.8. The minimum Gasteiger partial charge on any atom is -0.338 e. The van der Waals surface area contributed by atoms with Gasteiger partial charge in [-0.05, 0) is 30.4 Å². The molecule has 5 nitrogen and oxygen atoms in total. The molecule has 1 aliphatic heterocycles. The predicted octanol–water partition coefficient (Wildman–Crippen LogP) is 2.91. The Labute approximate surface area is 155 Å². The van der Waals surface area contributed by atoms with Gasteiger partial charge in [-0.1, -0.05) is 19.3 Å². The fourth-order valence-electron chi connectivity index (χ4n) is 3.85. The van der Waals surface area contributed by atoms with E-state index in [0.717, 1.165) is 30.6 Å². The number of hydrogen-bond donors (Lipinski definition) is 1. The van der Waals surface area contributed by atoms with E-state index < -0.39 is 5.54 Å². The van der Waals surface area contributed by atoms with E-state index in [2.05, 4.69) is 6.07 Å². The standard InChI is InChI=1S/C18H23N3O2S2/c19-18(5-2-1-3-6-18)17(23)21-9-7-20(8-10-21)16(22)15-12-14-13(25-15)4-11-24-14/h4,11-12H,1-3,5-10,19H2. The number of piperazine rings is 1. The average Bonchev–Trinajstić information content (AvgIpc) is 3.23. The van der Waals surface area contributed by atoms with E-state index in [4.69, 9.17) is 5.73 Å². The molecule has 7 heteroatoms. The van der Waals surface area contributed by atoms with Crippen molar-refractivity contribution in [1.82, 2.24) is 9.80 Å². The predicted molar refractivity (Wildman–Crippen MR) is 102 cm³/mol. The number of carbonyl (C=O) groups is 2. The largest absolute Gasteiger partial charge is 0.338 e. The lowest BCUT2D eigenvalue weighted by molar-refractivity contribution is -0.139. The van der Waals surface area contributed by atoms with Crippen molar-refractivity contribution in [2.24, 2.45) is 5.73 Å². The number of nitrogens with zero attached hydrogens (tertiary/aromatic N) is 2. The Hall–Kier alpha value is -1.44. The van der Waals surface area contributed by atoms with Crippen LogP contribution in [0.5, 0.6) is 0 Å². The third kappa shape index (κ3) is 3.20. The molecule has 0 aromatic carbocycles. The molecule has 2 aromatic rings. The van der Waals surface area contributed by atoms with Gasteiger partial charge in [-0.2, -0.15) is 0 Å². The van der Waals surface area contributed by atoms with Crippen molar-refractivity contribution < 1.29 is 9.59 Å². The summed E-state index contributed by atoms with van der Waals surface area (Å²) in [6, 6.07) is 4.05. The quantitative estimate of drug-likeness (QED) is 0.875. The molecule has 2 aliphatic rings. The molecule has 1 saturated heterocycles.